The average Bonchev–Trinajstić information content (AvgIpc) is 2.94. The van der Waals surface area contributed by atoms with Crippen LogP contribution in [0.2, 0.25) is 0 Å². The van der Waals surface area contributed by atoms with Crippen LogP contribution in [0.15, 0.2) is 30.5 Å². The van der Waals surface area contributed by atoms with Crippen molar-refractivity contribution in [1.82, 2.24) is 20.6 Å². The Bertz CT molecular complexity index is 1200. The molecule has 14 heteroatoms. The van der Waals surface area contributed by atoms with E-state index in [4.69, 9.17) is 9.47 Å². The van der Waals surface area contributed by atoms with Gasteiger partial charge in [0.05, 0.1) is 36.7 Å². The first kappa shape index (κ1) is 27.7. The third kappa shape index (κ3) is 7.03. The van der Waals surface area contributed by atoms with Crippen LogP contribution < -0.4 is 30.5 Å². The zero-order chi connectivity index (χ0) is 28.1. The quantitative estimate of drug-likeness (QED) is 0.491. The number of alkyl halides is 3. The summed E-state index contributed by atoms with van der Waals surface area (Å²) in [7, 11) is 0. The van der Waals surface area contributed by atoms with Crippen molar-refractivity contribution < 1.29 is 32.2 Å². The molecular weight excluding hydrogens is 531 g/mol. The normalized spacial score (nSPS) is 21.9. The number of carbonyl (C=O) groups is 2. The van der Waals surface area contributed by atoms with Crippen molar-refractivity contribution in [2.24, 2.45) is 0 Å². The second kappa shape index (κ2) is 12.1. The number of amides is 3. The maximum Gasteiger partial charge on any atom is 0.416 e. The maximum atomic E-state index is 13.4. The van der Waals surface area contributed by atoms with E-state index in [1.807, 2.05) is 4.90 Å². The molecule has 5 rings (SSSR count). The van der Waals surface area contributed by atoms with Gasteiger partial charge in [-0.15, -0.1) is 0 Å². The first-order chi connectivity index (χ1) is 19.2. The number of benzene rings is 1. The molecule has 216 valence electrons. The summed E-state index contributed by atoms with van der Waals surface area (Å²) < 4.78 is 51.6. The molecule has 2 aromatic rings. The molecule has 1 aliphatic carbocycles. The molecule has 40 heavy (non-hydrogen) atoms. The van der Waals surface area contributed by atoms with E-state index in [1.165, 1.54) is 6.07 Å². The molecule has 1 saturated carbocycles. The summed E-state index contributed by atoms with van der Waals surface area (Å²) in [5.41, 5.74) is -0.526. The van der Waals surface area contributed by atoms with Gasteiger partial charge in [0.2, 0.25) is 17.7 Å². The van der Waals surface area contributed by atoms with Gasteiger partial charge in [-0.2, -0.15) is 18.2 Å². The highest BCUT2D eigenvalue weighted by atomic mass is 19.4. The van der Waals surface area contributed by atoms with Crippen molar-refractivity contribution in [2.45, 2.75) is 44.0 Å². The Kier molecular flexibility index (Phi) is 8.43. The lowest BCUT2D eigenvalue weighted by Crippen LogP contribution is -2.48. The van der Waals surface area contributed by atoms with Crippen molar-refractivity contribution >= 4 is 29.3 Å². The summed E-state index contributed by atoms with van der Waals surface area (Å²) in [6.07, 6.45) is -0.339. The zero-order valence-electron chi connectivity index (χ0n) is 21.9. The topological polar surface area (TPSA) is 121 Å². The standard InChI is InChI=1S/C26H32F3N7O4/c27-26(28,29)17-1-6-21(36-10-9-30-22(37)16-36)20(15-17)33-25(38)32-18-2-4-19(5-3-18)40-23-7-8-31-24(34-23)35-11-13-39-14-12-35/h1,6-8,15,18-19H,2-5,9-14,16H2,(H,30,37)(H2,32,33,38). The lowest BCUT2D eigenvalue weighted by Gasteiger charge is -2.31. The van der Waals surface area contributed by atoms with Crippen molar-refractivity contribution in [3.63, 3.8) is 0 Å². The van der Waals surface area contributed by atoms with Crippen LogP contribution in [0.5, 0.6) is 5.88 Å². The molecule has 11 nitrogen and oxygen atoms in total. The Morgan fingerprint density at radius 3 is 2.58 bits per heavy atom. The lowest BCUT2D eigenvalue weighted by molar-refractivity contribution is -0.137. The number of morpholine rings is 1. The molecule has 1 aromatic carbocycles. The number of anilines is 3. The number of piperazine rings is 1. The van der Waals surface area contributed by atoms with E-state index in [-0.39, 0.29) is 30.3 Å². The molecule has 1 aromatic heterocycles. The van der Waals surface area contributed by atoms with Gasteiger partial charge in [0.25, 0.3) is 0 Å². The number of hydrogen-bond acceptors (Lipinski definition) is 8. The minimum atomic E-state index is -4.57. The largest absolute Gasteiger partial charge is 0.474 e. The van der Waals surface area contributed by atoms with Gasteiger partial charge in [0.1, 0.15) is 6.10 Å². The van der Waals surface area contributed by atoms with Gasteiger partial charge in [-0.1, -0.05) is 0 Å². The van der Waals surface area contributed by atoms with Gasteiger partial charge in [0, 0.05) is 44.5 Å². The van der Waals surface area contributed by atoms with Crippen LogP contribution >= 0.6 is 0 Å². The molecule has 0 radical (unpaired) electrons. The van der Waals surface area contributed by atoms with Crippen LogP contribution in [0.25, 0.3) is 0 Å². The predicted molar refractivity (Wildman–Crippen MR) is 141 cm³/mol. The fourth-order valence-corrected chi connectivity index (χ4v) is 5.09. The van der Waals surface area contributed by atoms with Crippen LogP contribution in [0, 0.1) is 0 Å². The van der Waals surface area contributed by atoms with E-state index >= 15 is 0 Å². The van der Waals surface area contributed by atoms with Gasteiger partial charge in [0.15, 0.2) is 0 Å². The van der Waals surface area contributed by atoms with E-state index in [9.17, 15) is 22.8 Å². The highest BCUT2D eigenvalue weighted by Gasteiger charge is 2.32. The summed E-state index contributed by atoms with van der Waals surface area (Å²) in [6, 6.07) is 4.10. The summed E-state index contributed by atoms with van der Waals surface area (Å²) >= 11 is 0. The van der Waals surface area contributed by atoms with Crippen LogP contribution in [0.3, 0.4) is 0 Å². The Labute approximate surface area is 229 Å². The SMILES string of the molecule is O=C1CN(c2ccc(C(F)(F)F)cc2NC(=O)NC2CCC(Oc3ccnc(N4CCOCC4)n3)CC2)CCN1. The second-order valence-corrected chi connectivity index (χ2v) is 9.99. The third-order valence-electron chi connectivity index (χ3n) is 7.16. The maximum absolute atomic E-state index is 13.4. The second-order valence-electron chi connectivity index (χ2n) is 9.99. The number of rotatable bonds is 6. The monoisotopic (exact) mass is 563 g/mol. The number of nitrogens with one attached hydrogen (secondary N) is 3. The summed E-state index contributed by atoms with van der Waals surface area (Å²) in [5, 5.41) is 8.14. The molecular formula is C26H32F3N7O4. The molecule has 0 atom stereocenters. The number of hydrogen-bond donors (Lipinski definition) is 3. The Morgan fingerprint density at radius 2 is 1.85 bits per heavy atom. The summed E-state index contributed by atoms with van der Waals surface area (Å²) in [6.45, 7) is 3.46. The van der Waals surface area contributed by atoms with Crippen LogP contribution in [0.4, 0.5) is 35.3 Å². The van der Waals surface area contributed by atoms with Crippen LogP contribution in [-0.2, 0) is 15.7 Å². The number of urea groups is 1. The fourth-order valence-electron chi connectivity index (χ4n) is 5.09. The lowest BCUT2D eigenvalue weighted by atomic mass is 9.93. The highest BCUT2D eigenvalue weighted by Crippen LogP contribution is 2.36. The van der Waals surface area contributed by atoms with Gasteiger partial charge in [-0.25, -0.2) is 9.78 Å². The molecule has 3 amide bonds. The van der Waals surface area contributed by atoms with E-state index < -0.39 is 17.8 Å². The van der Waals surface area contributed by atoms with Crippen molar-refractivity contribution in [2.75, 3.05) is 61.1 Å². The first-order valence-electron chi connectivity index (χ1n) is 13.4. The molecule has 0 spiro atoms. The number of halogens is 3. The molecule has 0 unspecified atom stereocenters. The fraction of sp³-hybridized carbons (Fsp3) is 0.538. The number of aromatic nitrogens is 2. The molecule has 0 bridgehead atoms. The van der Waals surface area contributed by atoms with E-state index in [2.05, 4.69) is 25.9 Å². The van der Waals surface area contributed by atoms with Crippen molar-refractivity contribution in [1.29, 1.82) is 0 Å². The molecule has 2 saturated heterocycles. The molecule has 3 N–H and O–H groups in total. The van der Waals surface area contributed by atoms with Crippen LogP contribution in [0.1, 0.15) is 31.2 Å². The van der Waals surface area contributed by atoms with Crippen molar-refractivity contribution in [3.05, 3.63) is 36.0 Å². The summed E-state index contributed by atoms with van der Waals surface area (Å²) in [4.78, 5) is 37.2. The van der Waals surface area contributed by atoms with E-state index in [0.717, 1.165) is 25.2 Å². The molecule has 2 aliphatic heterocycles. The number of nitrogens with zero attached hydrogens (tertiary/aromatic N) is 4. The van der Waals surface area contributed by atoms with Gasteiger partial charge in [-0.3, -0.25) is 4.79 Å². The third-order valence-corrected chi connectivity index (χ3v) is 7.16. The molecule has 3 aliphatic rings. The Balaban J connectivity index is 1.16. The van der Waals surface area contributed by atoms with Gasteiger partial charge < -0.3 is 35.2 Å². The average molecular weight is 564 g/mol. The number of ether oxygens (including phenoxy) is 2. The number of carbonyl (C=O) groups excluding carboxylic acids is 2. The van der Waals surface area contributed by atoms with Crippen LogP contribution in [-0.4, -0.2) is 80.0 Å². The van der Waals surface area contributed by atoms with Crippen molar-refractivity contribution in [3.8, 4) is 5.88 Å². The van der Waals surface area contributed by atoms with E-state index in [1.54, 1.807) is 17.2 Å². The van der Waals surface area contributed by atoms with Gasteiger partial charge >= 0.3 is 12.2 Å². The Morgan fingerprint density at radius 1 is 1.07 bits per heavy atom. The molecule has 3 fully saturated rings. The smallest absolute Gasteiger partial charge is 0.416 e. The molecule has 3 heterocycles. The first-order valence-corrected chi connectivity index (χ1v) is 13.4. The minimum Gasteiger partial charge on any atom is -0.474 e. The predicted octanol–water partition coefficient (Wildman–Crippen LogP) is 2.78. The minimum absolute atomic E-state index is 0.00104. The highest BCUT2D eigenvalue weighted by molar-refractivity contribution is 5.94. The zero-order valence-corrected chi connectivity index (χ0v) is 21.9. The van der Waals surface area contributed by atoms with Gasteiger partial charge in [-0.05, 0) is 43.9 Å². The summed E-state index contributed by atoms with van der Waals surface area (Å²) in [5.74, 6) is 0.862. The van der Waals surface area contributed by atoms with E-state index in [0.29, 0.717) is 69.5 Å². The Hall–Kier alpha value is -3.81.